The van der Waals surface area contributed by atoms with E-state index in [1.54, 1.807) is 7.11 Å². The van der Waals surface area contributed by atoms with E-state index in [0.29, 0.717) is 17.9 Å². The minimum absolute atomic E-state index is 0.0943. The van der Waals surface area contributed by atoms with Gasteiger partial charge in [-0.2, -0.15) is 0 Å². The van der Waals surface area contributed by atoms with Crippen molar-refractivity contribution in [3.05, 3.63) is 23.3 Å². The number of ether oxygens (including phenoxy) is 1. The fraction of sp³-hybridized carbons (Fsp3) is 0.632. The first-order valence-corrected chi connectivity index (χ1v) is 8.72. The number of nitrogens with one attached hydrogen (secondary N) is 1. The maximum atomic E-state index is 12.7. The Morgan fingerprint density at radius 1 is 1.22 bits per heavy atom. The van der Waals surface area contributed by atoms with Gasteiger partial charge in [-0.25, -0.2) is 0 Å². The average Bonchev–Trinajstić information content (AvgIpc) is 2.50. The summed E-state index contributed by atoms with van der Waals surface area (Å²) in [4.78, 5) is 12.7. The normalized spacial score (nSPS) is 29.9. The monoisotopic (exact) mass is 316 g/mol. The largest absolute Gasteiger partial charge is 0.496 e. The van der Waals surface area contributed by atoms with Crippen LogP contribution in [0, 0.1) is 31.6 Å². The van der Waals surface area contributed by atoms with Gasteiger partial charge in [-0.15, -0.1) is 0 Å². The Bertz CT molecular complexity index is 585. The number of amides is 1. The van der Waals surface area contributed by atoms with Gasteiger partial charge in [0.05, 0.1) is 7.11 Å². The number of hydrogen-bond donors (Lipinski definition) is 2. The lowest BCUT2D eigenvalue weighted by Crippen LogP contribution is -2.48. The zero-order chi connectivity index (χ0) is 16.6. The second-order valence-corrected chi connectivity index (χ2v) is 7.27. The summed E-state index contributed by atoms with van der Waals surface area (Å²) in [7, 11) is 1.67. The smallest absolute Gasteiger partial charge is 0.227 e. The molecular weight excluding hydrogens is 288 g/mol. The highest BCUT2D eigenvalue weighted by Crippen LogP contribution is 2.42. The van der Waals surface area contributed by atoms with Crippen molar-refractivity contribution in [2.45, 2.75) is 52.0 Å². The van der Waals surface area contributed by atoms with Crippen molar-refractivity contribution < 1.29 is 9.53 Å². The van der Waals surface area contributed by atoms with Crippen LogP contribution in [0.2, 0.25) is 0 Å². The molecule has 3 rings (SSSR count). The molecule has 0 aliphatic heterocycles. The van der Waals surface area contributed by atoms with Crippen LogP contribution in [0.15, 0.2) is 12.1 Å². The highest BCUT2D eigenvalue weighted by molar-refractivity contribution is 5.93. The zero-order valence-electron chi connectivity index (χ0n) is 14.4. The molecule has 2 fully saturated rings. The molecule has 0 radical (unpaired) electrons. The number of aryl methyl sites for hydroxylation is 1. The summed E-state index contributed by atoms with van der Waals surface area (Å²) in [5, 5.41) is 3.13. The summed E-state index contributed by atoms with van der Waals surface area (Å²) in [5.74, 6) is 2.13. The maximum absolute atomic E-state index is 12.7. The Hall–Kier alpha value is -1.55. The van der Waals surface area contributed by atoms with Gasteiger partial charge in [0.2, 0.25) is 5.91 Å². The number of carbonyl (C=O) groups excluding carboxylic acids is 1. The van der Waals surface area contributed by atoms with Crippen molar-refractivity contribution in [1.82, 2.24) is 0 Å². The molecule has 126 valence electrons. The molecule has 2 aliphatic carbocycles. The predicted molar refractivity (Wildman–Crippen MR) is 92.6 cm³/mol. The van der Waals surface area contributed by atoms with Gasteiger partial charge < -0.3 is 15.8 Å². The van der Waals surface area contributed by atoms with Crippen LogP contribution < -0.4 is 15.8 Å². The molecule has 2 atom stereocenters. The lowest BCUT2D eigenvalue weighted by molar-refractivity contribution is -0.122. The van der Waals surface area contributed by atoms with Gasteiger partial charge >= 0.3 is 0 Å². The summed E-state index contributed by atoms with van der Waals surface area (Å²) in [6.07, 6.45) is 5.50. The number of nitrogens with two attached hydrogens (primary N) is 1. The van der Waals surface area contributed by atoms with Crippen molar-refractivity contribution in [3.63, 3.8) is 0 Å². The van der Waals surface area contributed by atoms with Gasteiger partial charge in [-0.1, -0.05) is 12.5 Å². The molecular formula is C19H28N2O2. The van der Waals surface area contributed by atoms with Gasteiger partial charge in [0.15, 0.2) is 0 Å². The molecule has 0 heterocycles. The van der Waals surface area contributed by atoms with E-state index in [0.717, 1.165) is 35.4 Å². The third kappa shape index (κ3) is 3.09. The van der Waals surface area contributed by atoms with Crippen molar-refractivity contribution in [3.8, 4) is 5.75 Å². The molecule has 23 heavy (non-hydrogen) atoms. The molecule has 3 N–H and O–H groups in total. The first-order chi connectivity index (χ1) is 11.0. The second-order valence-electron chi connectivity index (χ2n) is 7.27. The Kier molecular flexibility index (Phi) is 4.62. The fourth-order valence-corrected chi connectivity index (χ4v) is 4.51. The molecule has 2 unspecified atom stereocenters. The number of rotatable bonds is 3. The minimum atomic E-state index is 0.0943. The van der Waals surface area contributed by atoms with E-state index in [9.17, 15) is 4.79 Å². The van der Waals surface area contributed by atoms with Crippen LogP contribution in [-0.4, -0.2) is 19.1 Å². The van der Waals surface area contributed by atoms with Crippen LogP contribution in [0.1, 0.15) is 43.2 Å². The van der Waals surface area contributed by atoms with Crippen molar-refractivity contribution in [2.75, 3.05) is 12.4 Å². The molecule has 1 aromatic rings. The summed E-state index contributed by atoms with van der Waals surface area (Å²) >= 11 is 0. The fourth-order valence-electron chi connectivity index (χ4n) is 4.51. The maximum Gasteiger partial charge on any atom is 0.227 e. The van der Waals surface area contributed by atoms with Gasteiger partial charge in [0, 0.05) is 23.2 Å². The van der Waals surface area contributed by atoms with E-state index >= 15 is 0 Å². The molecule has 4 nitrogen and oxygen atoms in total. The Morgan fingerprint density at radius 3 is 2.48 bits per heavy atom. The van der Waals surface area contributed by atoms with Gasteiger partial charge in [0.1, 0.15) is 5.75 Å². The van der Waals surface area contributed by atoms with E-state index < -0.39 is 0 Å². The number of fused-ring (bicyclic) bond motifs is 2. The van der Waals surface area contributed by atoms with E-state index in [-0.39, 0.29) is 11.8 Å². The van der Waals surface area contributed by atoms with Crippen molar-refractivity contribution >= 4 is 11.6 Å². The van der Waals surface area contributed by atoms with E-state index in [2.05, 4.69) is 5.32 Å². The lowest BCUT2D eigenvalue weighted by Gasteiger charge is -2.43. The van der Waals surface area contributed by atoms with Crippen LogP contribution in [0.5, 0.6) is 5.75 Å². The molecule has 2 aliphatic rings. The topological polar surface area (TPSA) is 64.3 Å². The number of carbonyl (C=O) groups is 1. The number of benzene rings is 1. The number of hydrogen-bond acceptors (Lipinski definition) is 3. The highest BCUT2D eigenvalue weighted by Gasteiger charge is 2.40. The summed E-state index contributed by atoms with van der Waals surface area (Å²) < 4.78 is 5.45. The molecule has 0 saturated heterocycles. The molecule has 0 spiro atoms. The van der Waals surface area contributed by atoms with Crippen LogP contribution in [0.25, 0.3) is 0 Å². The van der Waals surface area contributed by atoms with Crippen LogP contribution >= 0.6 is 0 Å². The first kappa shape index (κ1) is 16.3. The second kappa shape index (κ2) is 6.52. The van der Waals surface area contributed by atoms with Gasteiger partial charge in [0.25, 0.3) is 0 Å². The third-order valence-electron chi connectivity index (χ3n) is 5.85. The van der Waals surface area contributed by atoms with Crippen LogP contribution in [0.4, 0.5) is 5.69 Å². The van der Waals surface area contributed by atoms with E-state index in [1.807, 2.05) is 26.0 Å². The molecule has 1 amide bonds. The van der Waals surface area contributed by atoms with Crippen LogP contribution in [0.3, 0.4) is 0 Å². The summed E-state index contributed by atoms with van der Waals surface area (Å²) in [5.41, 5.74) is 9.27. The Morgan fingerprint density at radius 2 is 1.87 bits per heavy atom. The Balaban J connectivity index is 1.73. The number of methoxy groups -OCH3 is 1. The van der Waals surface area contributed by atoms with Crippen molar-refractivity contribution in [1.29, 1.82) is 0 Å². The molecule has 1 aromatic carbocycles. The van der Waals surface area contributed by atoms with E-state index in [1.165, 1.54) is 19.3 Å². The summed E-state index contributed by atoms with van der Waals surface area (Å²) in [6, 6.07) is 4.27. The van der Waals surface area contributed by atoms with Gasteiger partial charge in [-0.3, -0.25) is 4.79 Å². The van der Waals surface area contributed by atoms with Crippen LogP contribution in [-0.2, 0) is 4.79 Å². The predicted octanol–water partition coefficient (Wildman–Crippen LogP) is 3.40. The average molecular weight is 316 g/mol. The van der Waals surface area contributed by atoms with Gasteiger partial charge in [-0.05, 0) is 63.0 Å². The molecule has 0 aromatic heterocycles. The summed E-state index contributed by atoms with van der Waals surface area (Å²) in [6.45, 7) is 4.01. The molecule has 2 saturated carbocycles. The Labute approximate surface area is 138 Å². The standard InChI is InChI=1S/C19H28N2O2/c1-11-7-8-16(12(2)18(11)23-3)21-19(22)15-9-13-5-4-6-14(10-15)17(13)20/h7-8,13-15,17H,4-6,9-10,20H2,1-3H3,(H,21,22). The molecule has 4 heteroatoms. The van der Waals surface area contributed by atoms with E-state index in [4.69, 9.17) is 10.5 Å². The minimum Gasteiger partial charge on any atom is -0.496 e. The third-order valence-corrected chi connectivity index (χ3v) is 5.85. The highest BCUT2D eigenvalue weighted by atomic mass is 16.5. The quantitative estimate of drug-likeness (QED) is 0.898. The lowest BCUT2D eigenvalue weighted by atomic mass is 9.65. The SMILES string of the molecule is COc1c(C)ccc(NC(=O)C2CC3CCCC(C2)C3N)c1C. The number of anilines is 1. The first-order valence-electron chi connectivity index (χ1n) is 8.72. The molecule has 2 bridgehead atoms. The van der Waals surface area contributed by atoms with Crippen molar-refractivity contribution in [2.24, 2.45) is 23.5 Å². The zero-order valence-corrected chi connectivity index (χ0v) is 14.4.